The number of rotatable bonds is 9. The average Bonchev–Trinajstić information content (AvgIpc) is 3.58. The largest absolute Gasteiger partial charge is 0.480 e. The molecule has 0 radical (unpaired) electrons. The summed E-state index contributed by atoms with van der Waals surface area (Å²) >= 11 is 0. The standard InChI is InChI=1S/C32H30N6O7/c1-19-24(29(40)37(35(19)2)22-9-4-3-5-10-22)27-25-26(30(41)36(28(25)39)17-15-21-8-6-7-16-33-21)32(34-27,31(42)43)18-20-11-13-23(14-12-20)38(44)45/h3-14,16,25-27,34H,15,17-18H2,1-2H3,(H,42,43). The molecule has 2 aliphatic rings. The molecule has 4 aromatic rings. The van der Waals surface area contributed by atoms with Gasteiger partial charge in [0, 0.05) is 56.2 Å². The summed E-state index contributed by atoms with van der Waals surface area (Å²) in [7, 11) is 1.70. The maximum atomic E-state index is 14.1. The molecule has 2 N–H and O–H groups in total. The van der Waals surface area contributed by atoms with Crippen LogP contribution >= 0.6 is 0 Å². The summed E-state index contributed by atoms with van der Waals surface area (Å²) in [5.41, 5.74) is -0.272. The Morgan fingerprint density at radius 3 is 2.33 bits per heavy atom. The normalized spacial score (nSPS) is 22.5. The van der Waals surface area contributed by atoms with Gasteiger partial charge in [0.25, 0.3) is 11.2 Å². The molecule has 2 fully saturated rings. The lowest BCUT2D eigenvalue weighted by molar-refractivity contribution is -0.384. The number of carboxylic acids is 1. The molecule has 0 spiro atoms. The van der Waals surface area contributed by atoms with Gasteiger partial charge in [-0.05, 0) is 36.8 Å². The number of fused-ring (bicyclic) bond motifs is 1. The summed E-state index contributed by atoms with van der Waals surface area (Å²) in [6.45, 7) is 1.70. The van der Waals surface area contributed by atoms with Crippen molar-refractivity contribution in [3.05, 3.63) is 122 Å². The first-order valence-corrected chi connectivity index (χ1v) is 14.4. The Labute approximate surface area is 256 Å². The van der Waals surface area contributed by atoms with E-state index in [1.807, 2.05) is 6.07 Å². The lowest BCUT2D eigenvalue weighted by atomic mass is 9.76. The summed E-state index contributed by atoms with van der Waals surface area (Å²) in [5, 5.41) is 25.1. The van der Waals surface area contributed by atoms with Gasteiger partial charge in [0.15, 0.2) is 0 Å². The van der Waals surface area contributed by atoms with Gasteiger partial charge in [-0.2, -0.15) is 0 Å². The van der Waals surface area contributed by atoms with Crippen molar-refractivity contribution >= 4 is 23.5 Å². The van der Waals surface area contributed by atoms with E-state index in [4.69, 9.17) is 0 Å². The highest BCUT2D eigenvalue weighted by Gasteiger charge is 2.69. The smallest absolute Gasteiger partial charge is 0.325 e. The number of nitro groups is 1. The Balaban J connectivity index is 1.47. The number of carbonyl (C=O) groups excluding carboxylic acids is 2. The second kappa shape index (κ2) is 11.2. The van der Waals surface area contributed by atoms with Crippen LogP contribution in [0.15, 0.2) is 83.8 Å². The molecule has 4 heterocycles. The first kappa shape index (κ1) is 29.6. The molecule has 0 aliphatic carbocycles. The average molecular weight is 611 g/mol. The van der Waals surface area contributed by atoms with Gasteiger partial charge < -0.3 is 5.11 Å². The number of nitro benzene ring substituents is 1. The SMILES string of the molecule is Cc1c(C2NC(Cc3ccc([N+](=O)[O-])cc3)(C(=O)O)C3C(=O)N(CCc4ccccn4)C(=O)C23)c(=O)n(-c2ccccc2)n1C. The molecule has 2 amide bonds. The number of hydrogen-bond donors (Lipinski definition) is 2. The zero-order chi connectivity index (χ0) is 32.0. The maximum Gasteiger partial charge on any atom is 0.325 e. The van der Waals surface area contributed by atoms with Crippen LogP contribution in [-0.2, 0) is 34.3 Å². The first-order chi connectivity index (χ1) is 21.5. The number of likely N-dealkylation sites (tertiary alicyclic amines) is 1. The van der Waals surface area contributed by atoms with Gasteiger partial charge in [-0.1, -0.05) is 36.4 Å². The van der Waals surface area contributed by atoms with Crippen LogP contribution in [0.5, 0.6) is 0 Å². The third-order valence-corrected chi connectivity index (χ3v) is 8.98. The number of nitrogens with zero attached hydrogens (tertiary/aromatic N) is 5. The third-order valence-electron chi connectivity index (χ3n) is 8.98. The van der Waals surface area contributed by atoms with Gasteiger partial charge >= 0.3 is 5.97 Å². The Bertz CT molecular complexity index is 1870. The molecule has 2 aliphatic heterocycles. The van der Waals surface area contributed by atoms with Crippen LogP contribution in [0.3, 0.4) is 0 Å². The minimum absolute atomic E-state index is 0.0103. The number of aromatic nitrogens is 3. The number of amides is 2. The monoisotopic (exact) mass is 610 g/mol. The van der Waals surface area contributed by atoms with E-state index in [0.717, 1.165) is 4.90 Å². The van der Waals surface area contributed by atoms with Crippen LogP contribution in [0.25, 0.3) is 5.69 Å². The van der Waals surface area contributed by atoms with Crippen molar-refractivity contribution in [2.45, 2.75) is 31.3 Å². The third kappa shape index (κ3) is 4.81. The van der Waals surface area contributed by atoms with Gasteiger partial charge in [-0.3, -0.25) is 49.2 Å². The zero-order valence-corrected chi connectivity index (χ0v) is 24.5. The Kier molecular flexibility index (Phi) is 7.41. The lowest BCUT2D eigenvalue weighted by Gasteiger charge is -2.31. The van der Waals surface area contributed by atoms with Crippen LogP contribution in [0.2, 0.25) is 0 Å². The van der Waals surface area contributed by atoms with E-state index in [-0.39, 0.29) is 30.6 Å². The number of aliphatic carboxylic acids is 1. The predicted octanol–water partition coefficient (Wildman–Crippen LogP) is 2.34. The number of pyridine rings is 1. The summed E-state index contributed by atoms with van der Waals surface area (Å²) in [4.78, 5) is 71.6. The summed E-state index contributed by atoms with van der Waals surface area (Å²) in [5.74, 6) is -5.14. The van der Waals surface area contributed by atoms with Crippen molar-refractivity contribution in [1.82, 2.24) is 24.6 Å². The molecule has 45 heavy (non-hydrogen) atoms. The van der Waals surface area contributed by atoms with Crippen LogP contribution < -0.4 is 10.9 Å². The summed E-state index contributed by atoms with van der Waals surface area (Å²) in [6, 6.07) is 18.5. The summed E-state index contributed by atoms with van der Waals surface area (Å²) < 4.78 is 3.08. The number of para-hydroxylation sites is 1. The minimum atomic E-state index is -2.00. The molecule has 4 unspecified atom stereocenters. The molecule has 6 rings (SSSR count). The van der Waals surface area contributed by atoms with Crippen LogP contribution in [0.1, 0.15) is 28.6 Å². The Morgan fingerprint density at radius 2 is 1.71 bits per heavy atom. The van der Waals surface area contributed by atoms with Gasteiger partial charge in [0.1, 0.15) is 5.54 Å². The van der Waals surface area contributed by atoms with E-state index < -0.39 is 51.7 Å². The topological polar surface area (TPSA) is 170 Å². The number of carboxylic acid groups (broad SMARTS) is 1. The van der Waals surface area contributed by atoms with Crippen molar-refractivity contribution in [3.8, 4) is 5.69 Å². The van der Waals surface area contributed by atoms with Gasteiger partial charge in [-0.15, -0.1) is 0 Å². The second-order valence-corrected chi connectivity index (χ2v) is 11.4. The molecule has 230 valence electrons. The van der Waals surface area contributed by atoms with Crippen molar-refractivity contribution in [2.75, 3.05) is 6.54 Å². The van der Waals surface area contributed by atoms with E-state index >= 15 is 0 Å². The Hall–Kier alpha value is -5.43. The molecular weight excluding hydrogens is 580 g/mol. The summed E-state index contributed by atoms with van der Waals surface area (Å²) in [6.07, 6.45) is 1.61. The van der Waals surface area contributed by atoms with Crippen molar-refractivity contribution in [3.63, 3.8) is 0 Å². The van der Waals surface area contributed by atoms with Crippen LogP contribution in [0, 0.1) is 28.9 Å². The molecule has 0 bridgehead atoms. The van der Waals surface area contributed by atoms with Gasteiger partial charge in [-0.25, -0.2) is 4.68 Å². The highest BCUT2D eigenvalue weighted by atomic mass is 16.6. The Morgan fingerprint density at radius 1 is 1.02 bits per heavy atom. The molecule has 13 heteroatoms. The molecule has 2 aromatic heterocycles. The van der Waals surface area contributed by atoms with Gasteiger partial charge in [0.05, 0.1) is 34.1 Å². The zero-order valence-electron chi connectivity index (χ0n) is 24.5. The first-order valence-electron chi connectivity index (χ1n) is 14.4. The molecule has 2 aromatic carbocycles. The van der Waals surface area contributed by atoms with Gasteiger partial charge in [0.2, 0.25) is 11.8 Å². The number of carbonyl (C=O) groups is 3. The number of benzene rings is 2. The van der Waals surface area contributed by atoms with E-state index in [2.05, 4.69) is 10.3 Å². The number of non-ortho nitro benzene ring substituents is 1. The number of nitrogens with one attached hydrogen (secondary N) is 1. The molecule has 13 nitrogen and oxygen atoms in total. The van der Waals surface area contributed by atoms with Crippen LogP contribution in [-0.4, -0.2) is 59.1 Å². The fourth-order valence-corrected chi connectivity index (χ4v) is 6.74. The van der Waals surface area contributed by atoms with Crippen molar-refractivity contribution in [2.24, 2.45) is 18.9 Å². The maximum absolute atomic E-state index is 14.1. The molecule has 0 saturated carbocycles. The quantitative estimate of drug-likeness (QED) is 0.164. The number of hydrogen-bond acceptors (Lipinski definition) is 8. The van der Waals surface area contributed by atoms with E-state index in [0.29, 0.717) is 22.6 Å². The van der Waals surface area contributed by atoms with E-state index in [1.165, 1.54) is 28.9 Å². The second-order valence-electron chi connectivity index (χ2n) is 11.4. The fourth-order valence-electron chi connectivity index (χ4n) is 6.74. The molecule has 4 atom stereocenters. The lowest BCUT2D eigenvalue weighted by Crippen LogP contribution is -2.57. The van der Waals surface area contributed by atoms with Crippen molar-refractivity contribution < 1.29 is 24.4 Å². The predicted molar refractivity (Wildman–Crippen MR) is 160 cm³/mol. The van der Waals surface area contributed by atoms with Crippen molar-refractivity contribution in [1.29, 1.82) is 0 Å². The fraction of sp³-hybridized carbons (Fsp3) is 0.281. The van der Waals surface area contributed by atoms with E-state index in [9.17, 15) is 34.4 Å². The van der Waals surface area contributed by atoms with Crippen LogP contribution in [0.4, 0.5) is 5.69 Å². The van der Waals surface area contributed by atoms with E-state index in [1.54, 1.807) is 67.3 Å². The number of imide groups is 1. The minimum Gasteiger partial charge on any atom is -0.480 e. The molecular formula is C32H30N6O7. The highest BCUT2D eigenvalue weighted by Crippen LogP contribution is 2.50. The highest BCUT2D eigenvalue weighted by molar-refractivity contribution is 6.09. The molecule has 2 saturated heterocycles.